The lowest BCUT2D eigenvalue weighted by atomic mass is 10.1. The van der Waals surface area contributed by atoms with Gasteiger partial charge in [0.1, 0.15) is 0 Å². The molecule has 0 aliphatic carbocycles. The van der Waals surface area contributed by atoms with E-state index in [4.69, 9.17) is 4.74 Å². The molecule has 0 saturated heterocycles. The predicted octanol–water partition coefficient (Wildman–Crippen LogP) is 2.02. The highest BCUT2D eigenvalue weighted by atomic mass is 32.2. The van der Waals surface area contributed by atoms with Gasteiger partial charge in [-0.05, 0) is 26.0 Å². The summed E-state index contributed by atoms with van der Waals surface area (Å²) in [5.41, 5.74) is 1.93. The van der Waals surface area contributed by atoms with Crippen LogP contribution in [0.1, 0.15) is 29.8 Å². The van der Waals surface area contributed by atoms with Crippen LogP contribution in [-0.4, -0.2) is 39.0 Å². The largest absolute Gasteiger partial charge is 0.465 e. The third-order valence-corrected chi connectivity index (χ3v) is 4.81. The summed E-state index contributed by atoms with van der Waals surface area (Å²) in [6.07, 6.45) is 0. The molecule has 20 heavy (non-hydrogen) atoms. The second-order valence-electron chi connectivity index (χ2n) is 4.78. The standard InChI is InChI=1S/C14H21NO4S/c1-5-20(17,18)9-11(3)15-13-7-6-10(2)8-12(13)14(16)19-4/h6-8,11,15H,5,9H2,1-4H3. The summed E-state index contributed by atoms with van der Waals surface area (Å²) < 4.78 is 27.9. The highest BCUT2D eigenvalue weighted by Gasteiger charge is 2.17. The molecule has 1 N–H and O–H groups in total. The number of methoxy groups -OCH3 is 1. The van der Waals surface area contributed by atoms with Gasteiger partial charge in [0, 0.05) is 17.5 Å². The van der Waals surface area contributed by atoms with Gasteiger partial charge in [-0.2, -0.15) is 0 Å². The van der Waals surface area contributed by atoms with Gasteiger partial charge in [0.2, 0.25) is 0 Å². The first-order valence-electron chi connectivity index (χ1n) is 6.45. The highest BCUT2D eigenvalue weighted by molar-refractivity contribution is 7.91. The number of carbonyl (C=O) groups excluding carboxylic acids is 1. The van der Waals surface area contributed by atoms with Crippen molar-refractivity contribution in [3.8, 4) is 0 Å². The number of aryl methyl sites for hydroxylation is 1. The van der Waals surface area contributed by atoms with Crippen LogP contribution < -0.4 is 5.32 Å². The van der Waals surface area contributed by atoms with E-state index in [0.29, 0.717) is 11.3 Å². The summed E-state index contributed by atoms with van der Waals surface area (Å²) in [6.45, 7) is 5.27. The predicted molar refractivity (Wildman–Crippen MR) is 79.9 cm³/mol. The zero-order valence-electron chi connectivity index (χ0n) is 12.3. The number of benzene rings is 1. The van der Waals surface area contributed by atoms with Gasteiger partial charge < -0.3 is 10.1 Å². The van der Waals surface area contributed by atoms with Gasteiger partial charge in [-0.15, -0.1) is 0 Å². The summed E-state index contributed by atoms with van der Waals surface area (Å²) in [7, 11) is -1.75. The molecular formula is C14H21NO4S. The number of rotatable bonds is 6. The van der Waals surface area contributed by atoms with Gasteiger partial charge in [-0.3, -0.25) is 0 Å². The van der Waals surface area contributed by atoms with E-state index < -0.39 is 15.8 Å². The molecule has 6 heteroatoms. The highest BCUT2D eigenvalue weighted by Crippen LogP contribution is 2.19. The number of hydrogen-bond acceptors (Lipinski definition) is 5. The van der Waals surface area contributed by atoms with Crippen LogP contribution >= 0.6 is 0 Å². The number of anilines is 1. The molecule has 1 unspecified atom stereocenters. The molecule has 0 aromatic heterocycles. The topological polar surface area (TPSA) is 72.5 Å². The van der Waals surface area contributed by atoms with Gasteiger partial charge in [0.25, 0.3) is 0 Å². The lowest BCUT2D eigenvalue weighted by molar-refractivity contribution is 0.0601. The molecule has 0 spiro atoms. The van der Waals surface area contributed by atoms with E-state index in [2.05, 4.69) is 5.32 Å². The van der Waals surface area contributed by atoms with Crippen molar-refractivity contribution in [1.29, 1.82) is 0 Å². The minimum Gasteiger partial charge on any atom is -0.465 e. The molecular weight excluding hydrogens is 278 g/mol. The van der Waals surface area contributed by atoms with Crippen LogP contribution in [0.25, 0.3) is 0 Å². The number of esters is 1. The molecule has 0 radical (unpaired) electrons. The van der Waals surface area contributed by atoms with Crippen LogP contribution in [0.4, 0.5) is 5.69 Å². The number of carbonyl (C=O) groups is 1. The first-order valence-corrected chi connectivity index (χ1v) is 8.27. The summed E-state index contributed by atoms with van der Waals surface area (Å²) in [4.78, 5) is 11.7. The van der Waals surface area contributed by atoms with Crippen molar-refractivity contribution in [2.24, 2.45) is 0 Å². The molecule has 0 aliphatic rings. The minimum absolute atomic E-state index is 0.0258. The maximum absolute atomic E-state index is 11.7. The summed E-state index contributed by atoms with van der Waals surface area (Å²) in [5.74, 6) is -0.309. The fourth-order valence-corrected chi connectivity index (χ4v) is 2.95. The third kappa shape index (κ3) is 4.52. The maximum atomic E-state index is 11.7. The van der Waals surface area contributed by atoms with Crippen LogP contribution in [0.5, 0.6) is 0 Å². The lowest BCUT2D eigenvalue weighted by Crippen LogP contribution is -2.27. The number of ether oxygens (including phenoxy) is 1. The normalized spacial score (nSPS) is 12.8. The first-order chi connectivity index (χ1) is 9.29. The van der Waals surface area contributed by atoms with Crippen molar-refractivity contribution in [2.75, 3.05) is 23.9 Å². The fraction of sp³-hybridized carbons (Fsp3) is 0.500. The van der Waals surface area contributed by atoms with E-state index in [1.807, 2.05) is 13.0 Å². The lowest BCUT2D eigenvalue weighted by Gasteiger charge is -2.17. The van der Waals surface area contributed by atoms with Crippen molar-refractivity contribution in [1.82, 2.24) is 0 Å². The van der Waals surface area contributed by atoms with E-state index in [9.17, 15) is 13.2 Å². The van der Waals surface area contributed by atoms with Gasteiger partial charge >= 0.3 is 5.97 Å². The zero-order valence-corrected chi connectivity index (χ0v) is 13.1. The molecule has 1 aromatic carbocycles. The van der Waals surface area contributed by atoms with Crippen molar-refractivity contribution >= 4 is 21.5 Å². The SMILES string of the molecule is CCS(=O)(=O)CC(C)Nc1ccc(C)cc1C(=O)OC. The second kappa shape index (κ2) is 6.74. The van der Waals surface area contributed by atoms with Crippen molar-refractivity contribution in [2.45, 2.75) is 26.8 Å². The van der Waals surface area contributed by atoms with Gasteiger partial charge in [0.05, 0.1) is 18.4 Å². The molecule has 0 aliphatic heterocycles. The molecule has 1 atom stereocenters. The van der Waals surface area contributed by atoms with Crippen LogP contribution in [-0.2, 0) is 14.6 Å². The second-order valence-corrected chi connectivity index (χ2v) is 7.18. The first kappa shape index (κ1) is 16.5. The Hall–Kier alpha value is -1.56. The Morgan fingerprint density at radius 1 is 1.40 bits per heavy atom. The van der Waals surface area contributed by atoms with E-state index in [1.54, 1.807) is 26.0 Å². The van der Waals surface area contributed by atoms with E-state index in [0.717, 1.165) is 5.56 Å². The monoisotopic (exact) mass is 299 g/mol. The Kier molecular flexibility index (Phi) is 5.56. The minimum atomic E-state index is -3.06. The van der Waals surface area contributed by atoms with Crippen molar-refractivity contribution in [3.63, 3.8) is 0 Å². The Morgan fingerprint density at radius 3 is 2.60 bits per heavy atom. The smallest absolute Gasteiger partial charge is 0.339 e. The van der Waals surface area contributed by atoms with Crippen LogP contribution in [0, 0.1) is 6.92 Å². The van der Waals surface area contributed by atoms with Crippen LogP contribution in [0.3, 0.4) is 0 Å². The molecule has 112 valence electrons. The molecule has 0 saturated carbocycles. The quantitative estimate of drug-likeness (QED) is 0.814. The number of sulfone groups is 1. The Balaban J connectivity index is 2.95. The fourth-order valence-electron chi connectivity index (χ4n) is 1.87. The molecule has 1 rings (SSSR count). The zero-order chi connectivity index (χ0) is 15.3. The third-order valence-electron chi connectivity index (χ3n) is 2.93. The molecule has 0 heterocycles. The summed E-state index contributed by atoms with van der Waals surface area (Å²) in [6, 6.07) is 5.05. The Bertz CT molecular complexity index is 581. The Morgan fingerprint density at radius 2 is 2.05 bits per heavy atom. The number of hydrogen-bond donors (Lipinski definition) is 1. The van der Waals surface area contributed by atoms with Gasteiger partial charge in [0.15, 0.2) is 9.84 Å². The molecule has 0 amide bonds. The van der Waals surface area contributed by atoms with Crippen molar-refractivity contribution in [3.05, 3.63) is 29.3 Å². The molecule has 0 bridgehead atoms. The van der Waals surface area contributed by atoms with Crippen LogP contribution in [0.2, 0.25) is 0 Å². The maximum Gasteiger partial charge on any atom is 0.339 e. The molecule has 0 fully saturated rings. The summed E-state index contributed by atoms with van der Waals surface area (Å²) in [5, 5.41) is 3.06. The van der Waals surface area contributed by atoms with Crippen molar-refractivity contribution < 1.29 is 17.9 Å². The van der Waals surface area contributed by atoms with Gasteiger partial charge in [-0.1, -0.05) is 18.6 Å². The average Bonchev–Trinajstić information content (AvgIpc) is 2.39. The molecule has 5 nitrogen and oxygen atoms in total. The van der Waals surface area contributed by atoms with E-state index >= 15 is 0 Å². The van der Waals surface area contributed by atoms with Crippen LogP contribution in [0.15, 0.2) is 18.2 Å². The Labute approximate surface area is 120 Å². The number of nitrogens with one attached hydrogen (secondary N) is 1. The van der Waals surface area contributed by atoms with Gasteiger partial charge in [-0.25, -0.2) is 13.2 Å². The summed E-state index contributed by atoms with van der Waals surface area (Å²) >= 11 is 0. The van der Waals surface area contributed by atoms with E-state index in [1.165, 1.54) is 7.11 Å². The van der Waals surface area contributed by atoms with E-state index in [-0.39, 0.29) is 17.5 Å². The molecule has 1 aromatic rings. The average molecular weight is 299 g/mol.